The molecule has 31 heavy (non-hydrogen) atoms. The monoisotopic (exact) mass is 437 g/mol. The largest absolute Gasteiger partial charge is 0.469 e. The fourth-order valence-corrected chi connectivity index (χ4v) is 6.83. The third kappa shape index (κ3) is 3.62. The predicted molar refractivity (Wildman–Crippen MR) is 112 cm³/mol. The predicted octanol–water partition coefficient (Wildman–Crippen LogP) is 0.584. The van der Waals surface area contributed by atoms with Crippen molar-refractivity contribution in [1.82, 2.24) is 5.32 Å². The maximum Gasteiger partial charge on any atom is 0.314 e. The van der Waals surface area contributed by atoms with E-state index in [1.54, 1.807) is 6.92 Å². The number of carbonyl (C=O) groups is 3. The third-order valence-electron chi connectivity index (χ3n) is 8.42. The normalized spacial score (nSPS) is 43.7. The number of ether oxygens (including phenoxy) is 1. The van der Waals surface area contributed by atoms with Gasteiger partial charge in [-0.25, -0.2) is 0 Å². The Hall–Kier alpha value is -1.77. The van der Waals surface area contributed by atoms with Crippen LogP contribution in [0, 0.1) is 34.5 Å². The average Bonchev–Trinajstić information content (AvgIpc) is 2.74. The molecule has 0 radical (unpaired) electrons. The second-order valence-electron chi connectivity index (χ2n) is 9.86. The molecular weight excluding hydrogens is 402 g/mol. The maximum absolute atomic E-state index is 13.5. The van der Waals surface area contributed by atoms with Crippen LogP contribution in [-0.2, 0) is 19.1 Å². The van der Waals surface area contributed by atoms with Crippen LogP contribution >= 0.6 is 0 Å². The topological polar surface area (TPSA) is 133 Å². The molecule has 0 saturated heterocycles. The summed E-state index contributed by atoms with van der Waals surface area (Å²) >= 11 is 0. The molecule has 8 unspecified atom stereocenters. The van der Waals surface area contributed by atoms with Crippen LogP contribution in [0.2, 0.25) is 0 Å². The molecule has 0 bridgehead atoms. The highest BCUT2D eigenvalue weighted by Crippen LogP contribution is 2.64. The lowest BCUT2D eigenvalue weighted by atomic mass is 9.41. The molecule has 0 aromatic heterocycles. The number of ketones is 1. The molecular formula is C23H35NO7. The van der Waals surface area contributed by atoms with Crippen LogP contribution in [0.1, 0.15) is 46.5 Å². The number of aliphatic hydroxyl groups excluding tert-OH is 3. The molecule has 1 amide bonds. The molecule has 3 rings (SSSR count). The molecule has 8 heteroatoms. The fraction of sp³-hybridized carbons (Fsp3) is 0.783. The molecule has 0 spiro atoms. The summed E-state index contributed by atoms with van der Waals surface area (Å²) < 4.78 is 4.99. The fourth-order valence-electron chi connectivity index (χ4n) is 6.83. The number of rotatable bonds is 4. The first-order chi connectivity index (χ1) is 14.5. The lowest BCUT2D eigenvalue weighted by Gasteiger charge is -2.62. The van der Waals surface area contributed by atoms with Crippen LogP contribution in [0.4, 0.5) is 0 Å². The molecule has 3 fully saturated rings. The minimum atomic E-state index is -1.41. The average molecular weight is 438 g/mol. The quantitative estimate of drug-likeness (QED) is 0.374. The van der Waals surface area contributed by atoms with Crippen molar-refractivity contribution in [2.45, 2.75) is 58.7 Å². The number of carbonyl (C=O) groups excluding carboxylic acids is 3. The van der Waals surface area contributed by atoms with E-state index in [1.807, 2.05) is 13.8 Å². The Bertz CT molecular complexity index is 780. The number of aliphatic hydroxyl groups is 3. The van der Waals surface area contributed by atoms with Gasteiger partial charge in [-0.05, 0) is 49.9 Å². The molecule has 8 nitrogen and oxygen atoms in total. The van der Waals surface area contributed by atoms with E-state index < -0.39 is 40.7 Å². The van der Waals surface area contributed by atoms with Gasteiger partial charge in [-0.3, -0.25) is 14.4 Å². The first kappa shape index (κ1) is 23.9. The molecule has 3 aliphatic rings. The van der Waals surface area contributed by atoms with E-state index in [0.717, 1.165) is 5.57 Å². The molecule has 4 N–H and O–H groups in total. The van der Waals surface area contributed by atoms with Crippen molar-refractivity contribution in [2.75, 3.05) is 20.3 Å². The summed E-state index contributed by atoms with van der Waals surface area (Å²) in [5, 5.41) is 33.4. The van der Waals surface area contributed by atoms with Crippen LogP contribution < -0.4 is 5.32 Å². The van der Waals surface area contributed by atoms with Gasteiger partial charge in [-0.15, -0.1) is 0 Å². The van der Waals surface area contributed by atoms with E-state index >= 15 is 0 Å². The third-order valence-corrected chi connectivity index (χ3v) is 8.42. The Balaban J connectivity index is 1.98. The highest BCUT2D eigenvalue weighted by Gasteiger charge is 2.68. The Kier molecular flexibility index (Phi) is 6.65. The Morgan fingerprint density at radius 1 is 1.26 bits per heavy atom. The number of Topliss-reactive ketones (excluding diaryl/α,β-unsaturated/α-hetero) is 1. The second-order valence-corrected chi connectivity index (χ2v) is 9.86. The lowest BCUT2D eigenvalue weighted by Crippen LogP contribution is -2.68. The van der Waals surface area contributed by atoms with Gasteiger partial charge in [0.05, 0.1) is 19.8 Å². The summed E-state index contributed by atoms with van der Waals surface area (Å²) in [6.07, 6.45) is 1.51. The summed E-state index contributed by atoms with van der Waals surface area (Å²) in [6.45, 7) is 5.53. The standard InChI is InChI=1S/C23H35NO7/c1-12-13(11-16(27)24-9-10-25)5-6-14-17(12)18(28)19(29)20-22(14,2)8-7-15(26)23(20,3)21(30)31-4/h11-12,14-15,17-18,20,25-26,28H,5-10H2,1-4H3,(H,24,27). The van der Waals surface area contributed by atoms with E-state index in [2.05, 4.69) is 5.32 Å². The van der Waals surface area contributed by atoms with Gasteiger partial charge in [0.25, 0.3) is 0 Å². The smallest absolute Gasteiger partial charge is 0.314 e. The molecule has 0 aliphatic heterocycles. The molecule has 0 heterocycles. The number of nitrogens with one attached hydrogen (secondary N) is 1. The number of methoxy groups -OCH3 is 1. The highest BCUT2D eigenvalue weighted by atomic mass is 16.5. The van der Waals surface area contributed by atoms with Gasteiger partial charge in [0.15, 0.2) is 5.78 Å². The van der Waals surface area contributed by atoms with Crippen LogP contribution in [0.25, 0.3) is 0 Å². The van der Waals surface area contributed by atoms with Crippen molar-refractivity contribution in [3.63, 3.8) is 0 Å². The zero-order chi connectivity index (χ0) is 23.1. The zero-order valence-electron chi connectivity index (χ0n) is 18.8. The Labute approximate surface area is 183 Å². The van der Waals surface area contributed by atoms with Crippen molar-refractivity contribution < 1.29 is 34.4 Å². The molecule has 174 valence electrons. The number of fused-ring (bicyclic) bond motifs is 3. The highest BCUT2D eigenvalue weighted by molar-refractivity contribution is 5.94. The molecule has 0 aromatic rings. The van der Waals surface area contributed by atoms with Crippen molar-refractivity contribution in [1.29, 1.82) is 0 Å². The van der Waals surface area contributed by atoms with Crippen LogP contribution in [0.5, 0.6) is 0 Å². The van der Waals surface area contributed by atoms with Crippen molar-refractivity contribution in [2.24, 2.45) is 34.5 Å². The molecule has 0 aromatic carbocycles. The van der Waals surface area contributed by atoms with Gasteiger partial charge in [-0.2, -0.15) is 0 Å². The van der Waals surface area contributed by atoms with E-state index in [4.69, 9.17) is 9.84 Å². The molecule has 3 aliphatic carbocycles. The van der Waals surface area contributed by atoms with E-state index in [-0.39, 0.29) is 36.8 Å². The van der Waals surface area contributed by atoms with Gasteiger partial charge < -0.3 is 25.4 Å². The van der Waals surface area contributed by atoms with Crippen molar-refractivity contribution in [3.05, 3.63) is 11.6 Å². The Morgan fingerprint density at radius 3 is 2.55 bits per heavy atom. The van der Waals surface area contributed by atoms with E-state index in [0.29, 0.717) is 25.7 Å². The van der Waals surface area contributed by atoms with Crippen LogP contribution in [0.3, 0.4) is 0 Å². The van der Waals surface area contributed by atoms with Gasteiger partial charge in [-0.1, -0.05) is 19.4 Å². The number of amides is 1. The summed E-state index contributed by atoms with van der Waals surface area (Å²) in [5.74, 6) is -2.77. The summed E-state index contributed by atoms with van der Waals surface area (Å²) in [4.78, 5) is 38.4. The summed E-state index contributed by atoms with van der Waals surface area (Å²) in [7, 11) is 1.25. The minimum Gasteiger partial charge on any atom is -0.469 e. The van der Waals surface area contributed by atoms with Crippen LogP contribution in [0.15, 0.2) is 11.6 Å². The van der Waals surface area contributed by atoms with Crippen molar-refractivity contribution >= 4 is 17.7 Å². The summed E-state index contributed by atoms with van der Waals surface area (Å²) in [6, 6.07) is 0. The number of hydrogen-bond donors (Lipinski definition) is 4. The van der Waals surface area contributed by atoms with Gasteiger partial charge in [0.2, 0.25) is 5.91 Å². The molecule has 3 saturated carbocycles. The van der Waals surface area contributed by atoms with Crippen LogP contribution in [-0.4, -0.2) is 65.4 Å². The zero-order valence-corrected chi connectivity index (χ0v) is 18.8. The Morgan fingerprint density at radius 2 is 1.94 bits per heavy atom. The van der Waals surface area contributed by atoms with Gasteiger partial charge in [0.1, 0.15) is 11.5 Å². The maximum atomic E-state index is 13.5. The SMILES string of the molecule is COC(=O)C1(C)C(O)CCC2(C)C3CCC(=CC(=O)NCCO)C(C)C3C(O)C(=O)C21. The second kappa shape index (κ2) is 8.64. The summed E-state index contributed by atoms with van der Waals surface area (Å²) in [5.41, 5.74) is -1.10. The molecule has 8 atom stereocenters. The first-order valence-corrected chi connectivity index (χ1v) is 11.1. The number of allylic oxidation sites excluding steroid dienone is 1. The van der Waals surface area contributed by atoms with E-state index in [1.165, 1.54) is 13.2 Å². The van der Waals surface area contributed by atoms with E-state index in [9.17, 15) is 24.6 Å². The lowest BCUT2D eigenvalue weighted by molar-refractivity contribution is -0.209. The van der Waals surface area contributed by atoms with Crippen molar-refractivity contribution in [3.8, 4) is 0 Å². The van der Waals surface area contributed by atoms with Gasteiger partial charge in [0, 0.05) is 24.5 Å². The number of hydrogen-bond acceptors (Lipinski definition) is 7. The number of esters is 1. The van der Waals surface area contributed by atoms with Gasteiger partial charge >= 0.3 is 5.97 Å². The minimum absolute atomic E-state index is 0.0330. The first-order valence-electron chi connectivity index (χ1n) is 11.1.